The Morgan fingerprint density at radius 1 is 1.07 bits per heavy atom. The lowest BCUT2D eigenvalue weighted by molar-refractivity contribution is -0.147. The lowest BCUT2D eigenvalue weighted by Gasteiger charge is -2.34. The number of anilines is 1. The number of benzene rings is 2. The molecule has 0 radical (unpaired) electrons. The maximum absolute atomic E-state index is 11.6. The van der Waals surface area contributed by atoms with Gasteiger partial charge in [0.25, 0.3) is 0 Å². The van der Waals surface area contributed by atoms with E-state index in [-0.39, 0.29) is 12.1 Å². The molecule has 0 saturated carbocycles. The van der Waals surface area contributed by atoms with Crippen molar-refractivity contribution in [1.82, 2.24) is 4.90 Å². The third-order valence-corrected chi connectivity index (χ3v) is 5.09. The minimum atomic E-state index is -0.127. The van der Waals surface area contributed by atoms with Crippen molar-refractivity contribution in [2.24, 2.45) is 0 Å². The first-order chi connectivity index (χ1) is 13.5. The third-order valence-electron chi connectivity index (χ3n) is 5.09. The fourth-order valence-corrected chi connectivity index (χ4v) is 3.53. The summed E-state index contributed by atoms with van der Waals surface area (Å²) in [7, 11) is 2.18. The van der Waals surface area contributed by atoms with Crippen molar-refractivity contribution in [3.63, 3.8) is 0 Å². The van der Waals surface area contributed by atoms with Gasteiger partial charge in [0, 0.05) is 43.7 Å². The van der Waals surface area contributed by atoms with Crippen LogP contribution in [0.5, 0.6) is 5.75 Å². The van der Waals surface area contributed by atoms with Gasteiger partial charge in [0.05, 0.1) is 12.7 Å². The second-order valence-corrected chi connectivity index (χ2v) is 7.79. The van der Waals surface area contributed by atoms with E-state index in [9.17, 15) is 4.79 Å². The van der Waals surface area contributed by atoms with E-state index in [0.717, 1.165) is 44.8 Å². The lowest BCUT2D eigenvalue weighted by atomic mass is 10.1. The molecular weight excluding hydrogens is 352 g/mol. The third kappa shape index (κ3) is 5.61. The number of fused-ring (bicyclic) bond motifs is 1. The van der Waals surface area contributed by atoms with Crippen LogP contribution in [0.25, 0.3) is 10.8 Å². The molecule has 152 valence electrons. The van der Waals surface area contributed by atoms with Gasteiger partial charge in [-0.15, -0.1) is 0 Å². The molecule has 2 aromatic rings. The highest BCUT2D eigenvalue weighted by molar-refractivity contribution is 5.95. The first-order valence-electron chi connectivity index (χ1n) is 10.3. The van der Waals surface area contributed by atoms with Gasteiger partial charge < -0.3 is 19.3 Å². The van der Waals surface area contributed by atoms with Crippen molar-refractivity contribution in [1.29, 1.82) is 0 Å². The van der Waals surface area contributed by atoms with Crippen LogP contribution in [-0.2, 0) is 9.53 Å². The zero-order valence-corrected chi connectivity index (χ0v) is 17.3. The first kappa shape index (κ1) is 20.5. The van der Waals surface area contributed by atoms with Gasteiger partial charge in [-0.3, -0.25) is 4.79 Å². The molecule has 1 saturated heterocycles. The van der Waals surface area contributed by atoms with Crippen LogP contribution >= 0.6 is 0 Å². The van der Waals surface area contributed by atoms with Crippen molar-refractivity contribution in [2.75, 3.05) is 44.7 Å². The maximum atomic E-state index is 11.6. The zero-order valence-electron chi connectivity index (χ0n) is 17.3. The van der Waals surface area contributed by atoms with Crippen LogP contribution in [0.2, 0.25) is 0 Å². The average Bonchev–Trinajstić information content (AvgIpc) is 2.67. The van der Waals surface area contributed by atoms with Crippen molar-refractivity contribution < 1.29 is 14.3 Å². The number of rotatable bonds is 8. The summed E-state index contributed by atoms with van der Waals surface area (Å²) >= 11 is 0. The fourth-order valence-electron chi connectivity index (χ4n) is 3.53. The predicted octanol–water partition coefficient (Wildman–Crippen LogP) is 4.09. The molecule has 0 unspecified atom stereocenters. The van der Waals surface area contributed by atoms with Gasteiger partial charge in [0.2, 0.25) is 0 Å². The first-order valence-corrected chi connectivity index (χ1v) is 10.3. The molecule has 5 heteroatoms. The monoisotopic (exact) mass is 384 g/mol. The van der Waals surface area contributed by atoms with Gasteiger partial charge in [0.1, 0.15) is 5.75 Å². The van der Waals surface area contributed by atoms with E-state index in [1.807, 2.05) is 19.9 Å². The molecule has 2 aromatic carbocycles. The summed E-state index contributed by atoms with van der Waals surface area (Å²) in [6.45, 7) is 8.63. The predicted molar refractivity (Wildman–Crippen MR) is 114 cm³/mol. The SMILES string of the molecule is CC(C)OC(=O)CCCCOc1ccc2cccc(N3CCN(C)CC3)c2c1. The molecule has 28 heavy (non-hydrogen) atoms. The summed E-state index contributed by atoms with van der Waals surface area (Å²) in [6.07, 6.45) is 2.03. The molecule has 0 bridgehead atoms. The van der Waals surface area contributed by atoms with Gasteiger partial charge in [-0.2, -0.15) is 0 Å². The molecule has 0 amide bonds. The molecule has 0 spiro atoms. The molecule has 1 aliphatic heterocycles. The van der Waals surface area contributed by atoms with E-state index < -0.39 is 0 Å². The molecule has 0 aromatic heterocycles. The van der Waals surface area contributed by atoms with Crippen LogP contribution in [0.1, 0.15) is 33.1 Å². The van der Waals surface area contributed by atoms with Crippen LogP contribution in [0.15, 0.2) is 36.4 Å². The highest BCUT2D eigenvalue weighted by Crippen LogP contribution is 2.30. The zero-order chi connectivity index (χ0) is 19.9. The largest absolute Gasteiger partial charge is 0.494 e. The summed E-state index contributed by atoms with van der Waals surface area (Å²) < 4.78 is 11.1. The van der Waals surface area contributed by atoms with Crippen molar-refractivity contribution in [3.8, 4) is 5.75 Å². The number of hydrogen-bond donors (Lipinski definition) is 0. The van der Waals surface area contributed by atoms with Crippen molar-refractivity contribution in [2.45, 2.75) is 39.2 Å². The Labute approximate surface area is 168 Å². The molecule has 1 fully saturated rings. The Hall–Kier alpha value is -2.27. The minimum absolute atomic E-state index is 0.0455. The van der Waals surface area contributed by atoms with Gasteiger partial charge >= 0.3 is 5.97 Å². The maximum Gasteiger partial charge on any atom is 0.306 e. The second-order valence-electron chi connectivity index (χ2n) is 7.79. The molecule has 0 N–H and O–H groups in total. The van der Waals surface area contributed by atoms with Crippen molar-refractivity contribution >= 4 is 22.4 Å². The summed E-state index contributed by atoms with van der Waals surface area (Å²) in [5, 5.41) is 2.48. The van der Waals surface area contributed by atoms with E-state index in [4.69, 9.17) is 9.47 Å². The van der Waals surface area contributed by atoms with E-state index in [1.165, 1.54) is 16.5 Å². The number of carbonyl (C=O) groups excluding carboxylic acids is 1. The van der Waals surface area contributed by atoms with Crippen molar-refractivity contribution in [3.05, 3.63) is 36.4 Å². The number of ether oxygens (including phenoxy) is 2. The highest BCUT2D eigenvalue weighted by Gasteiger charge is 2.16. The topological polar surface area (TPSA) is 42.0 Å². The molecular formula is C23H32N2O3. The van der Waals surface area contributed by atoms with Gasteiger partial charge in [0.15, 0.2) is 0 Å². The number of nitrogens with zero attached hydrogens (tertiary/aromatic N) is 2. The Balaban J connectivity index is 1.57. The Bertz CT molecular complexity index is 783. The minimum Gasteiger partial charge on any atom is -0.494 e. The molecule has 0 aliphatic carbocycles. The highest BCUT2D eigenvalue weighted by atomic mass is 16.5. The molecule has 1 heterocycles. The second kappa shape index (κ2) is 9.78. The molecule has 1 aliphatic rings. The van der Waals surface area contributed by atoms with Crippen LogP contribution in [0.3, 0.4) is 0 Å². The summed E-state index contributed by atoms with van der Waals surface area (Å²) in [5.74, 6) is 0.761. The normalized spacial score (nSPS) is 15.2. The summed E-state index contributed by atoms with van der Waals surface area (Å²) in [4.78, 5) is 16.4. The quantitative estimate of drug-likeness (QED) is 0.506. The smallest absolute Gasteiger partial charge is 0.306 e. The lowest BCUT2D eigenvalue weighted by Crippen LogP contribution is -2.44. The average molecular weight is 385 g/mol. The summed E-state index contributed by atoms with van der Waals surface area (Å²) in [5.41, 5.74) is 1.28. The standard InChI is InChI=1S/C23H32N2O3/c1-18(2)28-23(26)9-4-5-16-27-20-11-10-19-7-6-8-22(21(19)17-20)25-14-12-24(3)13-15-25/h6-8,10-11,17-18H,4-5,9,12-16H2,1-3H3. The number of unbranched alkanes of at least 4 members (excludes halogenated alkanes) is 1. The fraction of sp³-hybridized carbons (Fsp3) is 0.522. The van der Waals surface area contributed by atoms with Gasteiger partial charge in [-0.1, -0.05) is 18.2 Å². The number of hydrogen-bond acceptors (Lipinski definition) is 5. The van der Waals surface area contributed by atoms with Gasteiger partial charge in [-0.25, -0.2) is 0 Å². The molecule has 0 atom stereocenters. The van der Waals surface area contributed by atoms with Gasteiger partial charge in [-0.05, 0) is 57.3 Å². The molecule has 3 rings (SSSR count). The number of esters is 1. The Morgan fingerprint density at radius 3 is 2.61 bits per heavy atom. The summed E-state index contributed by atoms with van der Waals surface area (Å²) in [6, 6.07) is 12.8. The van der Waals surface area contributed by atoms with Crippen LogP contribution < -0.4 is 9.64 Å². The number of carbonyl (C=O) groups is 1. The van der Waals surface area contributed by atoms with E-state index >= 15 is 0 Å². The molecule has 5 nitrogen and oxygen atoms in total. The number of piperazine rings is 1. The van der Waals surface area contributed by atoms with E-state index in [2.05, 4.69) is 47.2 Å². The van der Waals surface area contributed by atoms with E-state index in [0.29, 0.717) is 13.0 Å². The number of likely N-dealkylation sites (N-methyl/N-ethyl adjacent to an activating group) is 1. The van der Waals surface area contributed by atoms with Crippen LogP contribution in [0.4, 0.5) is 5.69 Å². The van der Waals surface area contributed by atoms with Crippen LogP contribution in [-0.4, -0.2) is 56.8 Å². The van der Waals surface area contributed by atoms with Crippen LogP contribution in [0, 0.1) is 0 Å². The Kier molecular flexibility index (Phi) is 7.15. The van der Waals surface area contributed by atoms with E-state index in [1.54, 1.807) is 0 Å². The Morgan fingerprint density at radius 2 is 1.86 bits per heavy atom.